The van der Waals surface area contributed by atoms with Crippen LogP contribution in [0.5, 0.6) is 0 Å². The van der Waals surface area contributed by atoms with Crippen molar-refractivity contribution in [1.82, 2.24) is 14.8 Å². The predicted molar refractivity (Wildman–Crippen MR) is 93.5 cm³/mol. The van der Waals surface area contributed by atoms with Gasteiger partial charge in [-0.05, 0) is 38.1 Å². The molecule has 3 heterocycles. The SMILES string of the molecule is CC(C)Nc1ccnc(C(=O)N2CCN(C(=O)c3ccco3)CC2)c1. The Bertz CT molecular complexity index is 735. The van der Waals surface area contributed by atoms with Crippen molar-refractivity contribution >= 4 is 17.5 Å². The number of amides is 2. The van der Waals surface area contributed by atoms with Crippen LogP contribution in [0.1, 0.15) is 34.9 Å². The van der Waals surface area contributed by atoms with Crippen LogP contribution < -0.4 is 5.32 Å². The van der Waals surface area contributed by atoms with Crippen LogP contribution in [0.2, 0.25) is 0 Å². The van der Waals surface area contributed by atoms with Crippen molar-refractivity contribution in [1.29, 1.82) is 0 Å². The summed E-state index contributed by atoms with van der Waals surface area (Å²) >= 11 is 0. The maximum absolute atomic E-state index is 12.7. The molecule has 0 saturated carbocycles. The Hall–Kier alpha value is -2.83. The van der Waals surface area contributed by atoms with Gasteiger partial charge in [0, 0.05) is 44.1 Å². The van der Waals surface area contributed by atoms with Crippen LogP contribution in [0, 0.1) is 0 Å². The summed E-state index contributed by atoms with van der Waals surface area (Å²) in [5.41, 5.74) is 1.29. The van der Waals surface area contributed by atoms with Gasteiger partial charge in [-0.3, -0.25) is 14.6 Å². The molecule has 0 unspecified atom stereocenters. The van der Waals surface area contributed by atoms with Crippen molar-refractivity contribution in [3.05, 3.63) is 48.2 Å². The Kier molecular flexibility index (Phi) is 5.02. The lowest BCUT2D eigenvalue weighted by molar-refractivity contribution is 0.0515. The Morgan fingerprint density at radius 3 is 2.40 bits per heavy atom. The summed E-state index contributed by atoms with van der Waals surface area (Å²) in [7, 11) is 0. The molecule has 7 nitrogen and oxygen atoms in total. The van der Waals surface area contributed by atoms with Gasteiger partial charge in [-0.1, -0.05) is 0 Å². The van der Waals surface area contributed by atoms with E-state index >= 15 is 0 Å². The minimum Gasteiger partial charge on any atom is -0.459 e. The summed E-state index contributed by atoms with van der Waals surface area (Å²) in [5, 5.41) is 3.27. The van der Waals surface area contributed by atoms with Gasteiger partial charge in [0.05, 0.1) is 6.26 Å². The molecular weight excluding hydrogens is 320 g/mol. The summed E-state index contributed by atoms with van der Waals surface area (Å²) in [6.45, 7) is 6.00. The van der Waals surface area contributed by atoms with Crippen molar-refractivity contribution in [2.45, 2.75) is 19.9 Å². The van der Waals surface area contributed by atoms with Gasteiger partial charge in [0.1, 0.15) is 5.69 Å². The number of hydrogen-bond donors (Lipinski definition) is 1. The number of nitrogens with zero attached hydrogens (tertiary/aromatic N) is 3. The Morgan fingerprint density at radius 1 is 1.12 bits per heavy atom. The molecule has 7 heteroatoms. The molecule has 0 atom stereocenters. The van der Waals surface area contributed by atoms with E-state index in [9.17, 15) is 9.59 Å². The standard InChI is InChI=1S/C18H22N4O3/c1-13(2)20-14-5-6-19-15(12-14)17(23)21-7-9-22(10-8-21)18(24)16-4-3-11-25-16/h3-6,11-13H,7-10H2,1-2H3,(H,19,20). The van der Waals surface area contributed by atoms with E-state index in [4.69, 9.17) is 4.42 Å². The number of pyridine rings is 1. The van der Waals surface area contributed by atoms with Crippen LogP contribution in [-0.4, -0.2) is 58.8 Å². The van der Waals surface area contributed by atoms with Crippen LogP contribution in [0.3, 0.4) is 0 Å². The topological polar surface area (TPSA) is 78.7 Å². The zero-order valence-corrected chi connectivity index (χ0v) is 14.4. The fourth-order valence-corrected chi connectivity index (χ4v) is 2.80. The average molecular weight is 342 g/mol. The molecule has 25 heavy (non-hydrogen) atoms. The van der Waals surface area contributed by atoms with Crippen molar-refractivity contribution in [3.63, 3.8) is 0 Å². The molecule has 1 saturated heterocycles. The second kappa shape index (κ2) is 7.38. The highest BCUT2D eigenvalue weighted by Crippen LogP contribution is 2.14. The summed E-state index contributed by atoms with van der Waals surface area (Å²) in [4.78, 5) is 32.5. The number of rotatable bonds is 4. The minimum atomic E-state index is -0.140. The minimum absolute atomic E-state index is 0.113. The fraction of sp³-hybridized carbons (Fsp3) is 0.389. The first-order valence-electron chi connectivity index (χ1n) is 8.39. The smallest absolute Gasteiger partial charge is 0.289 e. The normalized spacial score (nSPS) is 14.7. The lowest BCUT2D eigenvalue weighted by Gasteiger charge is -2.34. The van der Waals surface area contributed by atoms with E-state index in [-0.39, 0.29) is 17.9 Å². The molecule has 1 aliphatic heterocycles. The van der Waals surface area contributed by atoms with Gasteiger partial charge in [-0.15, -0.1) is 0 Å². The highest BCUT2D eigenvalue weighted by atomic mass is 16.3. The van der Waals surface area contributed by atoms with Crippen LogP contribution >= 0.6 is 0 Å². The molecule has 1 N–H and O–H groups in total. The van der Waals surface area contributed by atoms with Crippen LogP contribution in [0.25, 0.3) is 0 Å². The maximum atomic E-state index is 12.7. The van der Waals surface area contributed by atoms with Gasteiger partial charge in [0.15, 0.2) is 5.76 Å². The second-order valence-corrected chi connectivity index (χ2v) is 6.29. The Labute approximate surface area is 146 Å². The van der Waals surface area contributed by atoms with E-state index in [1.807, 2.05) is 19.9 Å². The molecule has 0 aliphatic carbocycles. The number of piperazine rings is 1. The molecule has 0 radical (unpaired) electrons. The highest BCUT2D eigenvalue weighted by molar-refractivity contribution is 5.94. The largest absolute Gasteiger partial charge is 0.459 e. The van der Waals surface area contributed by atoms with Crippen molar-refractivity contribution in [2.24, 2.45) is 0 Å². The van der Waals surface area contributed by atoms with Gasteiger partial charge < -0.3 is 19.5 Å². The molecule has 1 fully saturated rings. The quantitative estimate of drug-likeness (QED) is 0.920. The summed E-state index contributed by atoms with van der Waals surface area (Å²) in [6.07, 6.45) is 3.12. The number of hydrogen-bond acceptors (Lipinski definition) is 5. The molecule has 3 rings (SSSR count). The van der Waals surface area contributed by atoms with Crippen molar-refractivity contribution in [3.8, 4) is 0 Å². The molecule has 0 aromatic carbocycles. The third-order valence-corrected chi connectivity index (χ3v) is 4.02. The summed E-state index contributed by atoms with van der Waals surface area (Å²) in [5.74, 6) is 0.0739. The lowest BCUT2D eigenvalue weighted by Crippen LogP contribution is -2.50. The maximum Gasteiger partial charge on any atom is 0.289 e. The first-order chi connectivity index (χ1) is 12.0. The molecule has 0 bridgehead atoms. The third kappa shape index (κ3) is 3.99. The zero-order valence-electron chi connectivity index (χ0n) is 14.4. The summed E-state index contributed by atoms with van der Waals surface area (Å²) in [6, 6.07) is 7.23. The van der Waals surface area contributed by atoms with Gasteiger partial charge in [-0.25, -0.2) is 0 Å². The molecule has 1 aliphatic rings. The molecule has 0 spiro atoms. The van der Waals surface area contributed by atoms with Gasteiger partial charge in [0.25, 0.3) is 11.8 Å². The van der Waals surface area contributed by atoms with E-state index < -0.39 is 0 Å². The van der Waals surface area contributed by atoms with E-state index in [0.29, 0.717) is 37.6 Å². The van der Waals surface area contributed by atoms with Crippen LogP contribution in [-0.2, 0) is 0 Å². The first kappa shape index (κ1) is 17.0. The summed E-state index contributed by atoms with van der Waals surface area (Å²) < 4.78 is 5.15. The van der Waals surface area contributed by atoms with E-state index in [2.05, 4.69) is 10.3 Å². The van der Waals surface area contributed by atoms with E-state index in [1.165, 1.54) is 6.26 Å². The van der Waals surface area contributed by atoms with Crippen LogP contribution in [0.4, 0.5) is 5.69 Å². The number of nitrogens with one attached hydrogen (secondary N) is 1. The number of anilines is 1. The van der Waals surface area contributed by atoms with E-state index in [0.717, 1.165) is 5.69 Å². The zero-order chi connectivity index (χ0) is 17.8. The monoisotopic (exact) mass is 342 g/mol. The Balaban J connectivity index is 1.61. The third-order valence-electron chi connectivity index (χ3n) is 4.02. The molecular formula is C18H22N4O3. The number of furan rings is 1. The number of carbonyl (C=O) groups is 2. The molecule has 2 aromatic rings. The molecule has 2 amide bonds. The van der Waals surface area contributed by atoms with Crippen LogP contribution in [0.15, 0.2) is 41.1 Å². The average Bonchev–Trinajstić information content (AvgIpc) is 3.15. The van der Waals surface area contributed by atoms with Gasteiger partial charge in [-0.2, -0.15) is 0 Å². The molecule has 132 valence electrons. The van der Waals surface area contributed by atoms with E-state index in [1.54, 1.807) is 34.2 Å². The first-order valence-corrected chi connectivity index (χ1v) is 8.39. The second-order valence-electron chi connectivity index (χ2n) is 6.29. The fourth-order valence-electron chi connectivity index (χ4n) is 2.80. The van der Waals surface area contributed by atoms with Crippen molar-refractivity contribution < 1.29 is 14.0 Å². The molecule has 2 aromatic heterocycles. The number of aromatic nitrogens is 1. The highest BCUT2D eigenvalue weighted by Gasteiger charge is 2.27. The predicted octanol–water partition coefficient (Wildman–Crippen LogP) is 2.09. The number of carbonyl (C=O) groups excluding carboxylic acids is 2. The van der Waals surface area contributed by atoms with Gasteiger partial charge in [0.2, 0.25) is 0 Å². The van der Waals surface area contributed by atoms with Crippen molar-refractivity contribution in [2.75, 3.05) is 31.5 Å². The van der Waals surface area contributed by atoms with Gasteiger partial charge >= 0.3 is 0 Å². The Morgan fingerprint density at radius 2 is 1.80 bits per heavy atom. The lowest BCUT2D eigenvalue weighted by atomic mass is 10.2.